The first kappa shape index (κ1) is 17.9. The lowest BCUT2D eigenvalue weighted by molar-refractivity contribution is 0.00971. The number of hydrogen-bond acceptors (Lipinski definition) is 5. The molecule has 0 aromatic carbocycles. The number of ether oxygens (including phenoxy) is 2. The van der Waals surface area contributed by atoms with Gasteiger partial charge in [0.05, 0.1) is 37.7 Å². The molecule has 1 aromatic heterocycles. The average molecular weight is 298 g/mol. The summed E-state index contributed by atoms with van der Waals surface area (Å²) < 4.78 is 13.2. The van der Waals surface area contributed by atoms with Crippen molar-refractivity contribution < 1.29 is 9.47 Å². The van der Waals surface area contributed by atoms with Crippen molar-refractivity contribution in [3.8, 4) is 5.75 Å². The van der Waals surface area contributed by atoms with Gasteiger partial charge in [-0.15, -0.1) is 0 Å². The van der Waals surface area contributed by atoms with Crippen LogP contribution in [0.5, 0.6) is 5.75 Å². The van der Waals surface area contributed by atoms with Crippen molar-refractivity contribution in [1.29, 1.82) is 0 Å². The first-order valence-electron chi connectivity index (χ1n) is 7.53. The minimum atomic E-state index is -0.260. The van der Waals surface area contributed by atoms with E-state index in [9.17, 15) is 0 Å². The van der Waals surface area contributed by atoms with Gasteiger partial charge >= 0.3 is 0 Å². The largest absolute Gasteiger partial charge is 0.493 e. The fourth-order valence-electron chi connectivity index (χ4n) is 2.40. The molecule has 2 atom stereocenters. The molecule has 0 spiro atoms. The van der Waals surface area contributed by atoms with E-state index < -0.39 is 0 Å². The van der Waals surface area contributed by atoms with Crippen molar-refractivity contribution >= 4 is 0 Å². The van der Waals surface area contributed by atoms with Crippen LogP contribution in [-0.2, 0) is 11.3 Å². The molecule has 0 aliphatic carbocycles. The third-order valence-electron chi connectivity index (χ3n) is 3.51. The molecule has 0 fully saturated rings. The Morgan fingerprint density at radius 1 is 1.38 bits per heavy atom. The molecule has 6 nitrogen and oxygen atoms in total. The molecule has 1 heterocycles. The van der Waals surface area contributed by atoms with E-state index in [-0.39, 0.29) is 12.1 Å². The van der Waals surface area contributed by atoms with Crippen LogP contribution in [0.4, 0.5) is 0 Å². The first-order valence-corrected chi connectivity index (χ1v) is 7.53. The molecule has 2 N–H and O–H groups in total. The number of likely N-dealkylation sites (N-methyl/N-ethyl adjacent to an activating group) is 1. The molecule has 0 saturated heterocycles. The fraction of sp³-hybridized carbons (Fsp3) is 0.800. The quantitative estimate of drug-likeness (QED) is 0.748. The van der Waals surface area contributed by atoms with E-state index in [1.54, 1.807) is 13.3 Å². The van der Waals surface area contributed by atoms with Gasteiger partial charge in [-0.2, -0.15) is 5.10 Å². The smallest absolute Gasteiger partial charge is 0.161 e. The van der Waals surface area contributed by atoms with Crippen molar-refractivity contribution in [2.75, 3.05) is 34.4 Å². The van der Waals surface area contributed by atoms with Crippen molar-refractivity contribution in [2.45, 2.75) is 39.5 Å². The first-order chi connectivity index (χ1) is 9.92. The standard InChI is InChI=1S/C15H30N4O2/c1-7-21-15(11(2)3)13(16)14-12(20-6)10-17-19(14)9-8-18(4)5/h10-11,13,15H,7-9,16H2,1-6H3. The fourth-order valence-corrected chi connectivity index (χ4v) is 2.40. The summed E-state index contributed by atoms with van der Waals surface area (Å²) in [5, 5.41) is 4.41. The van der Waals surface area contributed by atoms with Crippen molar-refractivity contribution in [1.82, 2.24) is 14.7 Å². The van der Waals surface area contributed by atoms with Crippen LogP contribution in [0.1, 0.15) is 32.5 Å². The number of methoxy groups -OCH3 is 1. The molecule has 0 amide bonds. The highest BCUT2D eigenvalue weighted by atomic mass is 16.5. The van der Waals surface area contributed by atoms with Crippen LogP contribution >= 0.6 is 0 Å². The summed E-state index contributed by atoms with van der Waals surface area (Å²) in [6, 6.07) is -0.260. The maximum atomic E-state index is 6.47. The van der Waals surface area contributed by atoms with E-state index in [1.165, 1.54) is 0 Å². The topological polar surface area (TPSA) is 65.5 Å². The van der Waals surface area contributed by atoms with E-state index in [1.807, 2.05) is 25.7 Å². The Hall–Kier alpha value is -1.11. The van der Waals surface area contributed by atoms with Crippen LogP contribution < -0.4 is 10.5 Å². The zero-order chi connectivity index (χ0) is 16.0. The molecule has 1 aromatic rings. The lowest BCUT2D eigenvalue weighted by atomic mass is 9.97. The van der Waals surface area contributed by atoms with E-state index in [0.717, 1.165) is 24.5 Å². The van der Waals surface area contributed by atoms with Gasteiger partial charge in [0.25, 0.3) is 0 Å². The number of rotatable bonds is 9. The highest BCUT2D eigenvalue weighted by Crippen LogP contribution is 2.29. The predicted molar refractivity (Wildman–Crippen MR) is 84.5 cm³/mol. The molecule has 0 aliphatic heterocycles. The van der Waals surface area contributed by atoms with Gasteiger partial charge in [0.1, 0.15) is 0 Å². The number of hydrogen-bond donors (Lipinski definition) is 1. The third-order valence-corrected chi connectivity index (χ3v) is 3.51. The molecular formula is C15H30N4O2. The van der Waals surface area contributed by atoms with Crippen LogP contribution in [0.2, 0.25) is 0 Å². The SMILES string of the molecule is CCOC(C(C)C)C(N)c1c(OC)cnn1CCN(C)C. The molecule has 0 radical (unpaired) electrons. The van der Waals surface area contributed by atoms with Gasteiger partial charge < -0.3 is 20.1 Å². The van der Waals surface area contributed by atoms with Gasteiger partial charge in [0.2, 0.25) is 0 Å². The average Bonchev–Trinajstić information content (AvgIpc) is 2.84. The minimum Gasteiger partial charge on any atom is -0.493 e. The second-order valence-corrected chi connectivity index (χ2v) is 5.81. The Balaban J connectivity index is 3.03. The molecule has 0 bridgehead atoms. The molecule has 6 heteroatoms. The van der Waals surface area contributed by atoms with Gasteiger partial charge in [-0.1, -0.05) is 13.8 Å². The molecular weight excluding hydrogens is 268 g/mol. The van der Waals surface area contributed by atoms with Crippen molar-refractivity contribution in [3.05, 3.63) is 11.9 Å². The van der Waals surface area contributed by atoms with Crippen LogP contribution in [0.3, 0.4) is 0 Å². The summed E-state index contributed by atoms with van der Waals surface area (Å²) in [5.74, 6) is 1.05. The van der Waals surface area contributed by atoms with Crippen molar-refractivity contribution in [3.63, 3.8) is 0 Å². The van der Waals surface area contributed by atoms with Gasteiger partial charge in [0, 0.05) is 13.2 Å². The third kappa shape index (κ3) is 4.69. The van der Waals surface area contributed by atoms with E-state index in [4.69, 9.17) is 15.2 Å². The van der Waals surface area contributed by atoms with Gasteiger partial charge in [-0.3, -0.25) is 4.68 Å². The monoisotopic (exact) mass is 298 g/mol. The highest BCUT2D eigenvalue weighted by Gasteiger charge is 2.29. The zero-order valence-corrected chi connectivity index (χ0v) is 14.2. The Bertz CT molecular complexity index is 418. The predicted octanol–water partition coefficient (Wildman–Crippen LogP) is 1.51. The van der Waals surface area contributed by atoms with E-state index >= 15 is 0 Å². The molecule has 1 rings (SSSR count). The Kier molecular flexibility index (Phi) is 7.14. The second kappa shape index (κ2) is 8.36. The highest BCUT2D eigenvalue weighted by molar-refractivity contribution is 5.29. The van der Waals surface area contributed by atoms with Crippen molar-refractivity contribution in [2.24, 2.45) is 11.7 Å². The van der Waals surface area contributed by atoms with Gasteiger partial charge in [0.15, 0.2) is 5.75 Å². The maximum absolute atomic E-state index is 6.47. The molecule has 2 unspecified atom stereocenters. The van der Waals surface area contributed by atoms with Crippen LogP contribution in [0.15, 0.2) is 6.20 Å². The molecule has 21 heavy (non-hydrogen) atoms. The summed E-state index contributed by atoms with van der Waals surface area (Å²) in [5.41, 5.74) is 7.38. The number of aromatic nitrogens is 2. The Morgan fingerprint density at radius 3 is 2.52 bits per heavy atom. The van der Waals surface area contributed by atoms with Crippen LogP contribution in [-0.4, -0.2) is 55.1 Å². The minimum absolute atomic E-state index is 0.0568. The maximum Gasteiger partial charge on any atom is 0.161 e. The van der Waals surface area contributed by atoms with Crippen LogP contribution in [0, 0.1) is 5.92 Å². The van der Waals surface area contributed by atoms with Crippen LogP contribution in [0.25, 0.3) is 0 Å². The second-order valence-electron chi connectivity index (χ2n) is 5.81. The molecule has 0 aliphatic rings. The summed E-state index contributed by atoms with van der Waals surface area (Å²) in [7, 11) is 5.73. The number of nitrogens with zero attached hydrogens (tertiary/aromatic N) is 3. The molecule has 0 saturated carbocycles. The summed E-state index contributed by atoms with van der Waals surface area (Å²) >= 11 is 0. The Morgan fingerprint density at radius 2 is 2.05 bits per heavy atom. The summed E-state index contributed by atoms with van der Waals surface area (Å²) in [6.45, 7) is 8.54. The zero-order valence-electron chi connectivity index (χ0n) is 14.2. The normalized spacial score (nSPS) is 14.7. The Labute approximate surface area is 128 Å². The molecule has 122 valence electrons. The lowest BCUT2D eigenvalue weighted by Crippen LogP contribution is -2.35. The van der Waals surface area contributed by atoms with Gasteiger partial charge in [-0.25, -0.2) is 0 Å². The summed E-state index contributed by atoms with van der Waals surface area (Å²) in [4.78, 5) is 2.12. The van der Waals surface area contributed by atoms with Gasteiger partial charge in [-0.05, 0) is 26.9 Å². The van der Waals surface area contributed by atoms with E-state index in [2.05, 4.69) is 23.8 Å². The van der Waals surface area contributed by atoms with E-state index in [0.29, 0.717) is 12.5 Å². The lowest BCUT2D eigenvalue weighted by Gasteiger charge is -2.28. The number of nitrogens with two attached hydrogens (primary N) is 1. The summed E-state index contributed by atoms with van der Waals surface area (Å²) in [6.07, 6.45) is 1.67.